The van der Waals surface area contributed by atoms with Gasteiger partial charge in [-0.1, -0.05) is 32.6 Å². The minimum Gasteiger partial charge on any atom is -0.481 e. The maximum atomic E-state index is 14.6. The highest BCUT2D eigenvalue weighted by Crippen LogP contribution is 2.42. The second-order valence-electron chi connectivity index (χ2n) is 8.09. The van der Waals surface area contributed by atoms with E-state index in [-0.39, 0.29) is 12.8 Å². The molecule has 0 radical (unpaired) electrons. The number of nitrogens with zero attached hydrogens (tertiary/aromatic N) is 2. The Labute approximate surface area is 184 Å². The molecule has 1 aromatic heterocycles. The van der Waals surface area contributed by atoms with Crippen LogP contribution in [0.3, 0.4) is 0 Å². The van der Waals surface area contributed by atoms with Gasteiger partial charge in [-0.3, -0.25) is 19.0 Å². The third kappa shape index (κ3) is 6.84. The molecule has 2 heterocycles. The van der Waals surface area contributed by atoms with Gasteiger partial charge in [0.05, 0.1) is 25.1 Å². The van der Waals surface area contributed by atoms with Gasteiger partial charge < -0.3 is 20.3 Å². The van der Waals surface area contributed by atoms with Gasteiger partial charge >= 0.3 is 17.6 Å². The van der Waals surface area contributed by atoms with Crippen molar-refractivity contribution in [1.29, 1.82) is 0 Å². The normalized spacial score (nSPS) is 22.6. The summed E-state index contributed by atoms with van der Waals surface area (Å²) in [5.74, 6) is -5.83. The van der Waals surface area contributed by atoms with Crippen molar-refractivity contribution in [2.24, 2.45) is 11.8 Å². The predicted octanol–water partition coefficient (Wildman–Crippen LogP) is 2.78. The molecule has 0 saturated carbocycles. The van der Waals surface area contributed by atoms with Crippen molar-refractivity contribution >= 4 is 23.7 Å². The van der Waals surface area contributed by atoms with E-state index in [1.807, 2.05) is 0 Å². The summed E-state index contributed by atoms with van der Waals surface area (Å²) in [5, 5.41) is 20.7. The number of halogens is 1. The van der Waals surface area contributed by atoms with Crippen LogP contribution in [0.15, 0.2) is 11.0 Å². The van der Waals surface area contributed by atoms with E-state index in [9.17, 15) is 28.7 Å². The third-order valence-electron chi connectivity index (χ3n) is 5.64. The Morgan fingerprint density at radius 1 is 1.12 bits per heavy atom. The zero-order valence-corrected chi connectivity index (χ0v) is 18.3. The van der Waals surface area contributed by atoms with Crippen LogP contribution in [-0.4, -0.2) is 43.7 Å². The molecule has 3 N–H and O–H groups in total. The highest BCUT2D eigenvalue weighted by molar-refractivity contribution is 5.89. The number of carbonyl (C=O) groups is 3. The molecule has 1 saturated heterocycles. The first kappa shape index (κ1) is 25.4. The molecule has 1 aliphatic rings. The van der Waals surface area contributed by atoms with Gasteiger partial charge in [0.2, 0.25) is 5.91 Å². The summed E-state index contributed by atoms with van der Waals surface area (Å²) in [6.45, 7) is 3.66. The Morgan fingerprint density at radius 3 is 2.38 bits per heavy atom. The summed E-state index contributed by atoms with van der Waals surface area (Å²) in [5.41, 5.74) is -0.937. The van der Waals surface area contributed by atoms with Gasteiger partial charge in [0, 0.05) is 18.3 Å². The number of unbranched alkanes of at least 4 members (excludes halogenated alkanes) is 4. The van der Waals surface area contributed by atoms with Crippen molar-refractivity contribution in [3.8, 4) is 0 Å². The Morgan fingerprint density at radius 2 is 1.75 bits per heavy atom. The fourth-order valence-corrected chi connectivity index (χ4v) is 4.02. The summed E-state index contributed by atoms with van der Waals surface area (Å²) in [6, 6.07) is 0. The number of carbonyl (C=O) groups excluding carboxylic acids is 1. The molecule has 11 heteroatoms. The molecule has 1 aliphatic heterocycles. The molecule has 1 fully saturated rings. The average molecular weight is 455 g/mol. The van der Waals surface area contributed by atoms with Gasteiger partial charge in [0.25, 0.3) is 0 Å². The second-order valence-corrected chi connectivity index (χ2v) is 8.09. The predicted molar refractivity (Wildman–Crippen MR) is 112 cm³/mol. The fourth-order valence-electron chi connectivity index (χ4n) is 4.02. The van der Waals surface area contributed by atoms with Crippen molar-refractivity contribution in [3.63, 3.8) is 0 Å². The number of nitrogens with one attached hydrogen (secondary N) is 1. The molecule has 0 unspecified atom stereocenters. The minimum atomic E-state index is -1.20. The number of carboxylic acid groups (broad SMARTS) is 2. The van der Waals surface area contributed by atoms with Crippen molar-refractivity contribution in [2.45, 2.75) is 77.5 Å². The second kappa shape index (κ2) is 11.7. The van der Waals surface area contributed by atoms with E-state index in [4.69, 9.17) is 9.84 Å². The molecule has 4 atom stereocenters. The maximum Gasteiger partial charge on any atom is 0.351 e. The van der Waals surface area contributed by atoms with Crippen molar-refractivity contribution < 1.29 is 33.7 Å². The number of amides is 1. The van der Waals surface area contributed by atoms with E-state index in [1.165, 1.54) is 0 Å². The number of aliphatic carboxylic acids is 2. The summed E-state index contributed by atoms with van der Waals surface area (Å²) in [7, 11) is 0. The molecule has 1 aromatic rings. The van der Waals surface area contributed by atoms with E-state index in [2.05, 4.69) is 17.2 Å². The van der Waals surface area contributed by atoms with Crippen LogP contribution in [0, 0.1) is 17.7 Å². The Hall–Kier alpha value is -2.82. The zero-order valence-electron chi connectivity index (χ0n) is 18.3. The monoisotopic (exact) mass is 455 g/mol. The van der Waals surface area contributed by atoms with Crippen molar-refractivity contribution in [2.75, 3.05) is 5.32 Å². The van der Waals surface area contributed by atoms with Gasteiger partial charge in [-0.25, -0.2) is 9.18 Å². The van der Waals surface area contributed by atoms with Crippen LogP contribution in [-0.2, 0) is 19.1 Å². The quantitative estimate of drug-likeness (QED) is 0.408. The van der Waals surface area contributed by atoms with Crippen LogP contribution in [0.4, 0.5) is 10.2 Å². The number of rotatable bonds is 12. The minimum absolute atomic E-state index is 0.175. The smallest absolute Gasteiger partial charge is 0.351 e. The van der Waals surface area contributed by atoms with Crippen molar-refractivity contribution in [3.05, 3.63) is 22.5 Å². The number of carboxylic acids is 2. The number of hydrogen-bond acceptors (Lipinski definition) is 6. The standard InChI is InChI=1S/C21H30FN3O7/c1-3-4-5-6-7-8-16(26)23-19-15(22)11-25(21(31)24-19)20-14(10-18(29)30)13(9-17(27)28)12(2)32-20/h11-14,20H,3-10H2,1-2H3,(H,27,28)(H,29,30)(H,23,24,26,31)/t12-,13+,14-,20-/m1/s1. The SMILES string of the molecule is CCCCCCCC(=O)Nc1nc(=O)n([C@@H]2O[C@H](C)[C@H](CC(=O)O)[C@H]2CC(=O)O)cc1F. The largest absolute Gasteiger partial charge is 0.481 e. The lowest BCUT2D eigenvalue weighted by atomic mass is 9.84. The molecule has 0 spiro atoms. The van der Waals surface area contributed by atoms with Crippen LogP contribution >= 0.6 is 0 Å². The lowest BCUT2D eigenvalue weighted by molar-refractivity contribution is -0.142. The summed E-state index contributed by atoms with van der Waals surface area (Å²) in [6.07, 6.45) is 2.98. The molecule has 32 heavy (non-hydrogen) atoms. The Bertz CT molecular complexity index is 889. The lowest BCUT2D eigenvalue weighted by Gasteiger charge is -2.22. The van der Waals surface area contributed by atoms with E-state index >= 15 is 0 Å². The molecule has 0 aliphatic carbocycles. The molecule has 2 rings (SSSR count). The molecular weight excluding hydrogens is 425 g/mol. The first-order valence-electron chi connectivity index (χ1n) is 10.8. The Kier molecular flexibility index (Phi) is 9.30. The number of ether oxygens (including phenoxy) is 1. The van der Waals surface area contributed by atoms with E-state index < -0.39 is 65.8 Å². The Balaban J connectivity index is 2.17. The summed E-state index contributed by atoms with van der Waals surface area (Å²) < 4.78 is 21.1. The fraction of sp³-hybridized carbons (Fsp3) is 0.667. The van der Waals surface area contributed by atoms with Gasteiger partial charge in [0.1, 0.15) is 6.23 Å². The highest BCUT2D eigenvalue weighted by atomic mass is 19.1. The van der Waals surface area contributed by atoms with E-state index in [0.29, 0.717) is 6.42 Å². The molecule has 0 bridgehead atoms. The summed E-state index contributed by atoms with van der Waals surface area (Å²) in [4.78, 5) is 50.7. The molecule has 0 aromatic carbocycles. The van der Waals surface area contributed by atoms with Gasteiger partial charge in [0.15, 0.2) is 11.6 Å². The number of hydrogen-bond donors (Lipinski definition) is 3. The first-order valence-corrected chi connectivity index (χ1v) is 10.8. The van der Waals surface area contributed by atoms with Crippen LogP contribution in [0.2, 0.25) is 0 Å². The first-order chi connectivity index (χ1) is 15.1. The van der Waals surface area contributed by atoms with Crippen molar-refractivity contribution in [1.82, 2.24) is 9.55 Å². The van der Waals surface area contributed by atoms with Gasteiger partial charge in [-0.05, 0) is 13.3 Å². The van der Waals surface area contributed by atoms with E-state index in [0.717, 1.165) is 36.4 Å². The number of anilines is 1. The third-order valence-corrected chi connectivity index (χ3v) is 5.64. The van der Waals surface area contributed by atoms with Gasteiger partial charge in [-0.2, -0.15) is 4.98 Å². The molecule has 178 valence electrons. The molecule has 1 amide bonds. The molecular formula is C21H30FN3O7. The zero-order chi connectivity index (χ0) is 23.8. The number of aromatic nitrogens is 2. The van der Waals surface area contributed by atoms with Crippen LogP contribution in [0.1, 0.15) is 71.4 Å². The van der Waals surface area contributed by atoms with Crippen LogP contribution in [0.5, 0.6) is 0 Å². The van der Waals surface area contributed by atoms with Crippen LogP contribution in [0.25, 0.3) is 0 Å². The summed E-state index contributed by atoms with van der Waals surface area (Å²) >= 11 is 0. The maximum absolute atomic E-state index is 14.6. The van der Waals surface area contributed by atoms with Crippen LogP contribution < -0.4 is 11.0 Å². The average Bonchev–Trinajstić information content (AvgIpc) is 2.98. The lowest BCUT2D eigenvalue weighted by Crippen LogP contribution is -2.33. The highest BCUT2D eigenvalue weighted by Gasteiger charge is 2.45. The van der Waals surface area contributed by atoms with Gasteiger partial charge in [-0.15, -0.1) is 0 Å². The van der Waals surface area contributed by atoms with E-state index in [1.54, 1.807) is 6.92 Å². The molecule has 10 nitrogen and oxygen atoms in total. The topological polar surface area (TPSA) is 148 Å².